The summed E-state index contributed by atoms with van der Waals surface area (Å²) in [6.45, 7) is 28.7. The molecule has 4 radical (unpaired) electrons. The van der Waals surface area contributed by atoms with Crippen LogP contribution in [0.3, 0.4) is 0 Å². The van der Waals surface area contributed by atoms with Gasteiger partial charge in [0.15, 0.2) is 25.2 Å². The minimum atomic E-state index is -0.871. The van der Waals surface area contributed by atoms with Crippen LogP contribution in [-0.2, 0) is 39.1 Å². The SMILES string of the molecule is C=C(C)COOC(C)O.C=C(C)COOC(C)O.C=C(C)COOC(C)O.C=C(C)COOC(C)O.[Sn]. The van der Waals surface area contributed by atoms with Crippen LogP contribution in [0.1, 0.15) is 55.4 Å². The topological polar surface area (TPSA) is 155 Å². The maximum atomic E-state index is 8.49. The second-order valence-electron chi connectivity index (χ2n) is 7.66. The number of aliphatic hydroxyl groups is 4. The molecule has 0 saturated carbocycles. The minimum absolute atomic E-state index is 0. The van der Waals surface area contributed by atoms with Crippen molar-refractivity contribution in [3.8, 4) is 0 Å². The third kappa shape index (κ3) is 72.1. The fourth-order valence-electron chi connectivity index (χ4n) is 0.932. The zero-order chi connectivity index (χ0) is 29.1. The van der Waals surface area contributed by atoms with Crippen LogP contribution in [0.15, 0.2) is 48.6 Å². The quantitative estimate of drug-likeness (QED) is 0.0640. The van der Waals surface area contributed by atoms with Gasteiger partial charge in [0.05, 0.1) is 0 Å². The summed E-state index contributed by atoms with van der Waals surface area (Å²) in [6, 6.07) is 0. The molecule has 0 aliphatic heterocycles. The van der Waals surface area contributed by atoms with E-state index >= 15 is 0 Å². The monoisotopic (exact) mass is 648 g/mol. The van der Waals surface area contributed by atoms with Crippen LogP contribution >= 0.6 is 0 Å². The average molecular weight is 647 g/mol. The molecule has 0 saturated heterocycles. The summed E-state index contributed by atoms with van der Waals surface area (Å²) in [7, 11) is 0. The van der Waals surface area contributed by atoms with Crippen molar-refractivity contribution in [2.45, 2.75) is 80.6 Å². The molecule has 0 rings (SSSR count). The molecule has 0 aromatic rings. The van der Waals surface area contributed by atoms with Gasteiger partial charge in [0.1, 0.15) is 26.4 Å². The molecule has 0 heterocycles. The third-order valence-electron chi connectivity index (χ3n) is 2.05. The Labute approximate surface area is 238 Å². The molecule has 0 bridgehead atoms. The normalized spacial score (nSPS) is 12.9. The van der Waals surface area contributed by atoms with E-state index in [1.807, 2.05) is 27.7 Å². The number of hydrogen-bond donors (Lipinski definition) is 4. The van der Waals surface area contributed by atoms with Crippen LogP contribution in [-0.4, -0.2) is 95.9 Å². The molecule has 0 aromatic carbocycles. The first-order valence-corrected chi connectivity index (χ1v) is 10.9. The summed E-state index contributed by atoms with van der Waals surface area (Å²) in [5.74, 6) is 0. The zero-order valence-electron chi connectivity index (χ0n) is 23.5. The molecular formula is C24H48O12Sn. The zero-order valence-corrected chi connectivity index (χ0v) is 26.4. The van der Waals surface area contributed by atoms with Crippen LogP contribution < -0.4 is 0 Å². The molecule has 0 aromatic heterocycles. The number of hydrogen-bond acceptors (Lipinski definition) is 12. The van der Waals surface area contributed by atoms with E-state index in [-0.39, 0.29) is 23.9 Å². The fraction of sp³-hybridized carbons (Fsp3) is 0.667. The number of aliphatic hydroxyl groups excluding tert-OH is 4. The smallest absolute Gasteiger partial charge is 0.185 e. The molecule has 13 heteroatoms. The van der Waals surface area contributed by atoms with Gasteiger partial charge in [0.2, 0.25) is 0 Å². The summed E-state index contributed by atoms with van der Waals surface area (Å²) in [4.78, 5) is 35.4. The molecule has 4 unspecified atom stereocenters. The van der Waals surface area contributed by atoms with Gasteiger partial charge in [-0.3, -0.25) is 0 Å². The molecule has 12 nitrogen and oxygen atoms in total. The second kappa shape index (κ2) is 33.3. The van der Waals surface area contributed by atoms with Crippen LogP contribution in [0.25, 0.3) is 0 Å². The summed E-state index contributed by atoms with van der Waals surface area (Å²) >= 11 is 0. The van der Waals surface area contributed by atoms with Crippen LogP contribution in [0.5, 0.6) is 0 Å². The molecule has 220 valence electrons. The van der Waals surface area contributed by atoms with Crippen LogP contribution in [0.4, 0.5) is 0 Å². The van der Waals surface area contributed by atoms with E-state index in [2.05, 4.69) is 65.4 Å². The Morgan fingerprint density at radius 3 is 0.676 bits per heavy atom. The second-order valence-corrected chi connectivity index (χ2v) is 7.66. The van der Waals surface area contributed by atoms with Gasteiger partial charge in [-0.1, -0.05) is 48.6 Å². The van der Waals surface area contributed by atoms with E-state index < -0.39 is 25.2 Å². The first-order valence-electron chi connectivity index (χ1n) is 10.9. The molecule has 0 aliphatic rings. The van der Waals surface area contributed by atoms with Crippen molar-refractivity contribution in [2.75, 3.05) is 26.4 Å². The van der Waals surface area contributed by atoms with E-state index in [9.17, 15) is 0 Å². The summed E-state index contributed by atoms with van der Waals surface area (Å²) in [5.41, 5.74) is 3.43. The molecule has 0 fully saturated rings. The Hall–Kier alpha value is -0.721. The molecule has 4 N–H and O–H groups in total. The van der Waals surface area contributed by atoms with Crippen molar-refractivity contribution in [3.63, 3.8) is 0 Å². The first-order chi connectivity index (χ1) is 16.5. The van der Waals surface area contributed by atoms with Crippen molar-refractivity contribution in [2.24, 2.45) is 0 Å². The Kier molecular flexibility index (Phi) is 41.5. The van der Waals surface area contributed by atoms with E-state index in [0.717, 1.165) is 22.3 Å². The van der Waals surface area contributed by atoms with Crippen molar-refractivity contribution in [1.82, 2.24) is 0 Å². The Morgan fingerprint density at radius 1 is 0.459 bits per heavy atom. The molecule has 0 spiro atoms. The standard InChI is InChI=1S/4C6H12O3.Sn/c4*1-5(2)4-8-9-6(3)7;/h4*6-7H,1,4H2,2-3H3;. The van der Waals surface area contributed by atoms with Crippen LogP contribution in [0, 0.1) is 0 Å². The largest absolute Gasteiger partial charge is 0.366 e. The van der Waals surface area contributed by atoms with Gasteiger partial charge >= 0.3 is 0 Å². The van der Waals surface area contributed by atoms with Crippen LogP contribution in [0.2, 0.25) is 0 Å². The number of rotatable bonds is 16. The predicted molar refractivity (Wildman–Crippen MR) is 140 cm³/mol. The van der Waals surface area contributed by atoms with Gasteiger partial charge < -0.3 is 20.4 Å². The van der Waals surface area contributed by atoms with Gasteiger partial charge in [-0.15, -0.1) is 0 Å². The van der Waals surface area contributed by atoms with Gasteiger partial charge in [-0.25, -0.2) is 39.1 Å². The Balaban J connectivity index is -0.000000122. The molecular weight excluding hydrogens is 599 g/mol. The predicted octanol–water partition coefficient (Wildman–Crippen LogP) is 3.02. The summed E-state index contributed by atoms with van der Waals surface area (Å²) in [5, 5.41) is 34.0. The average Bonchev–Trinajstić information content (AvgIpc) is 2.67. The summed E-state index contributed by atoms with van der Waals surface area (Å²) < 4.78 is 0. The van der Waals surface area contributed by atoms with Gasteiger partial charge in [-0.05, 0) is 55.4 Å². The molecule has 4 atom stereocenters. The molecule has 0 amide bonds. The van der Waals surface area contributed by atoms with E-state index in [1.165, 1.54) is 27.7 Å². The molecule has 0 aliphatic carbocycles. The van der Waals surface area contributed by atoms with Crippen molar-refractivity contribution < 1.29 is 59.5 Å². The Bertz CT molecular complexity index is 456. The van der Waals surface area contributed by atoms with Gasteiger partial charge in [0, 0.05) is 23.9 Å². The Morgan fingerprint density at radius 2 is 0.595 bits per heavy atom. The maximum Gasteiger partial charge on any atom is 0.185 e. The van der Waals surface area contributed by atoms with Gasteiger partial charge in [0.25, 0.3) is 0 Å². The van der Waals surface area contributed by atoms with Gasteiger partial charge in [-0.2, -0.15) is 0 Å². The van der Waals surface area contributed by atoms with Crippen molar-refractivity contribution in [1.29, 1.82) is 0 Å². The third-order valence-corrected chi connectivity index (χ3v) is 2.05. The first kappa shape index (κ1) is 46.2. The molecule has 37 heavy (non-hydrogen) atoms. The van der Waals surface area contributed by atoms with E-state index in [4.69, 9.17) is 20.4 Å². The summed E-state index contributed by atoms with van der Waals surface area (Å²) in [6.07, 6.45) is -3.48. The van der Waals surface area contributed by atoms with Crippen molar-refractivity contribution in [3.05, 3.63) is 48.6 Å². The fourth-order valence-corrected chi connectivity index (χ4v) is 0.932. The van der Waals surface area contributed by atoms with E-state index in [0.29, 0.717) is 26.4 Å². The van der Waals surface area contributed by atoms with Crippen molar-refractivity contribution >= 4 is 23.9 Å². The van der Waals surface area contributed by atoms with E-state index in [1.54, 1.807) is 0 Å². The maximum absolute atomic E-state index is 8.49. The minimum Gasteiger partial charge on any atom is -0.366 e.